The maximum Gasteiger partial charge on any atom is 0.251 e. The third-order valence-corrected chi connectivity index (χ3v) is 3.07. The summed E-state index contributed by atoms with van der Waals surface area (Å²) in [6.07, 6.45) is 2.08. The molecule has 1 aliphatic heterocycles. The first-order valence-corrected chi connectivity index (χ1v) is 5.94. The molecular formula is C13H18ClFN2O. The van der Waals surface area contributed by atoms with Gasteiger partial charge in [0.1, 0.15) is 5.82 Å². The van der Waals surface area contributed by atoms with Crippen LogP contribution in [0.2, 0.25) is 0 Å². The minimum atomic E-state index is -0.307. The fourth-order valence-corrected chi connectivity index (χ4v) is 2.12. The highest BCUT2D eigenvalue weighted by Gasteiger charge is 2.17. The molecule has 1 heterocycles. The van der Waals surface area contributed by atoms with Gasteiger partial charge in [0.15, 0.2) is 0 Å². The predicted molar refractivity (Wildman–Crippen MR) is 71.7 cm³/mol. The second kappa shape index (κ2) is 6.71. The summed E-state index contributed by atoms with van der Waals surface area (Å²) in [6, 6.07) is 4.42. The Morgan fingerprint density at radius 1 is 1.50 bits per heavy atom. The van der Waals surface area contributed by atoms with E-state index in [0.717, 1.165) is 25.9 Å². The van der Waals surface area contributed by atoms with Crippen LogP contribution in [0, 0.1) is 12.7 Å². The molecule has 1 aromatic carbocycles. The highest BCUT2D eigenvalue weighted by atomic mass is 35.5. The van der Waals surface area contributed by atoms with E-state index in [-0.39, 0.29) is 30.2 Å². The van der Waals surface area contributed by atoms with Crippen molar-refractivity contribution in [3.8, 4) is 0 Å². The van der Waals surface area contributed by atoms with Crippen molar-refractivity contribution in [2.75, 3.05) is 13.1 Å². The topological polar surface area (TPSA) is 41.1 Å². The first-order valence-electron chi connectivity index (χ1n) is 5.94. The van der Waals surface area contributed by atoms with Crippen molar-refractivity contribution in [2.45, 2.75) is 25.8 Å². The van der Waals surface area contributed by atoms with Gasteiger partial charge in [0.25, 0.3) is 5.91 Å². The van der Waals surface area contributed by atoms with Crippen molar-refractivity contribution in [1.29, 1.82) is 0 Å². The SMILES string of the molecule is Cc1cc(F)ccc1C(=O)N[C@@H]1CCCNC1.Cl. The lowest BCUT2D eigenvalue weighted by atomic mass is 10.0. The van der Waals surface area contributed by atoms with Gasteiger partial charge in [0.05, 0.1) is 0 Å². The maximum atomic E-state index is 12.9. The largest absolute Gasteiger partial charge is 0.348 e. The van der Waals surface area contributed by atoms with E-state index in [0.29, 0.717) is 11.1 Å². The molecule has 1 amide bonds. The van der Waals surface area contributed by atoms with Crippen molar-refractivity contribution in [1.82, 2.24) is 10.6 Å². The summed E-state index contributed by atoms with van der Waals surface area (Å²) in [5.41, 5.74) is 1.23. The number of hydrogen-bond acceptors (Lipinski definition) is 2. The number of nitrogens with one attached hydrogen (secondary N) is 2. The molecule has 0 aromatic heterocycles. The van der Waals surface area contributed by atoms with E-state index in [4.69, 9.17) is 0 Å². The van der Waals surface area contributed by atoms with Crippen LogP contribution < -0.4 is 10.6 Å². The number of hydrogen-bond donors (Lipinski definition) is 2. The molecule has 1 atom stereocenters. The molecule has 1 saturated heterocycles. The minimum Gasteiger partial charge on any atom is -0.348 e. The van der Waals surface area contributed by atoms with Gasteiger partial charge in [-0.2, -0.15) is 0 Å². The molecule has 5 heteroatoms. The van der Waals surface area contributed by atoms with Crippen LogP contribution in [0.15, 0.2) is 18.2 Å². The zero-order chi connectivity index (χ0) is 12.3. The molecule has 0 aliphatic carbocycles. The number of carbonyl (C=O) groups excluding carboxylic acids is 1. The molecule has 2 N–H and O–H groups in total. The standard InChI is InChI=1S/C13H17FN2O.ClH/c1-9-7-10(14)4-5-12(9)13(17)16-11-3-2-6-15-8-11;/h4-5,7,11,15H,2-3,6,8H2,1H3,(H,16,17);1H/t11-;/m1./s1. The van der Waals surface area contributed by atoms with E-state index in [1.54, 1.807) is 6.92 Å². The lowest BCUT2D eigenvalue weighted by molar-refractivity contribution is 0.0930. The fraction of sp³-hybridized carbons (Fsp3) is 0.462. The number of aryl methyl sites for hydroxylation is 1. The molecule has 0 unspecified atom stereocenters. The van der Waals surface area contributed by atoms with E-state index in [1.165, 1.54) is 18.2 Å². The van der Waals surface area contributed by atoms with Gasteiger partial charge in [-0.25, -0.2) is 4.39 Å². The highest BCUT2D eigenvalue weighted by molar-refractivity contribution is 5.95. The first-order chi connectivity index (χ1) is 8.16. The average molecular weight is 273 g/mol. The molecule has 18 heavy (non-hydrogen) atoms. The Morgan fingerprint density at radius 3 is 2.89 bits per heavy atom. The van der Waals surface area contributed by atoms with Crippen LogP contribution in [0.25, 0.3) is 0 Å². The molecule has 100 valence electrons. The first kappa shape index (κ1) is 14.9. The summed E-state index contributed by atoms with van der Waals surface area (Å²) in [4.78, 5) is 12.0. The summed E-state index contributed by atoms with van der Waals surface area (Å²) in [7, 11) is 0. The molecule has 3 nitrogen and oxygen atoms in total. The summed E-state index contributed by atoms with van der Waals surface area (Å²) in [6.45, 7) is 3.57. The van der Waals surface area contributed by atoms with Gasteiger partial charge in [-0.05, 0) is 50.1 Å². The average Bonchev–Trinajstić information content (AvgIpc) is 2.30. The van der Waals surface area contributed by atoms with Crippen LogP contribution in [-0.4, -0.2) is 25.0 Å². The van der Waals surface area contributed by atoms with Gasteiger partial charge in [0.2, 0.25) is 0 Å². The Morgan fingerprint density at radius 2 is 2.28 bits per heavy atom. The minimum absolute atomic E-state index is 0. The lowest BCUT2D eigenvalue weighted by Crippen LogP contribution is -2.45. The van der Waals surface area contributed by atoms with Crippen LogP contribution in [-0.2, 0) is 0 Å². The Kier molecular flexibility index (Phi) is 5.56. The molecule has 1 aromatic rings. The van der Waals surface area contributed by atoms with Gasteiger partial charge in [-0.3, -0.25) is 4.79 Å². The maximum absolute atomic E-state index is 12.9. The molecule has 1 aliphatic rings. The second-order valence-electron chi connectivity index (χ2n) is 4.48. The summed E-state index contributed by atoms with van der Waals surface area (Å²) < 4.78 is 12.9. The van der Waals surface area contributed by atoms with Gasteiger partial charge in [0, 0.05) is 18.2 Å². The monoisotopic (exact) mass is 272 g/mol. The predicted octanol–water partition coefficient (Wildman–Crippen LogP) is 2.04. The third-order valence-electron chi connectivity index (χ3n) is 3.07. The quantitative estimate of drug-likeness (QED) is 0.865. The second-order valence-corrected chi connectivity index (χ2v) is 4.48. The van der Waals surface area contributed by atoms with Crippen LogP contribution in [0.1, 0.15) is 28.8 Å². The lowest BCUT2D eigenvalue weighted by Gasteiger charge is -2.24. The number of piperidine rings is 1. The van der Waals surface area contributed by atoms with Crippen molar-refractivity contribution in [3.05, 3.63) is 35.1 Å². The van der Waals surface area contributed by atoms with Crippen LogP contribution in [0.3, 0.4) is 0 Å². The Balaban J connectivity index is 0.00000162. The molecule has 0 saturated carbocycles. The Labute approximate surface area is 113 Å². The molecule has 0 radical (unpaired) electrons. The van der Waals surface area contributed by atoms with Gasteiger partial charge in [-0.15, -0.1) is 12.4 Å². The van der Waals surface area contributed by atoms with E-state index >= 15 is 0 Å². The van der Waals surface area contributed by atoms with Gasteiger partial charge in [-0.1, -0.05) is 0 Å². The van der Waals surface area contributed by atoms with Crippen LogP contribution in [0.4, 0.5) is 4.39 Å². The summed E-state index contributed by atoms with van der Waals surface area (Å²) in [5, 5.41) is 6.21. The van der Waals surface area contributed by atoms with Crippen molar-refractivity contribution in [3.63, 3.8) is 0 Å². The fourth-order valence-electron chi connectivity index (χ4n) is 2.12. The smallest absolute Gasteiger partial charge is 0.251 e. The normalized spacial score (nSPS) is 18.9. The van der Waals surface area contributed by atoms with Crippen LogP contribution >= 0.6 is 12.4 Å². The van der Waals surface area contributed by atoms with Crippen molar-refractivity contribution >= 4 is 18.3 Å². The van der Waals surface area contributed by atoms with Crippen molar-refractivity contribution in [2.24, 2.45) is 0 Å². The number of rotatable bonds is 2. The van der Waals surface area contributed by atoms with E-state index in [1.807, 2.05) is 0 Å². The van der Waals surface area contributed by atoms with E-state index in [2.05, 4.69) is 10.6 Å². The molecule has 1 fully saturated rings. The van der Waals surface area contributed by atoms with Gasteiger partial charge < -0.3 is 10.6 Å². The van der Waals surface area contributed by atoms with Crippen LogP contribution in [0.5, 0.6) is 0 Å². The Hall–Kier alpha value is -1.13. The van der Waals surface area contributed by atoms with Crippen molar-refractivity contribution < 1.29 is 9.18 Å². The number of amides is 1. The molecule has 2 rings (SSSR count). The zero-order valence-electron chi connectivity index (χ0n) is 10.3. The summed E-state index contributed by atoms with van der Waals surface area (Å²) >= 11 is 0. The van der Waals surface area contributed by atoms with E-state index in [9.17, 15) is 9.18 Å². The third kappa shape index (κ3) is 3.68. The Bertz CT molecular complexity index is 419. The van der Waals surface area contributed by atoms with E-state index < -0.39 is 0 Å². The zero-order valence-corrected chi connectivity index (χ0v) is 11.1. The molecule has 0 spiro atoms. The molecular weight excluding hydrogens is 255 g/mol. The number of benzene rings is 1. The number of halogens is 2. The van der Waals surface area contributed by atoms with Gasteiger partial charge >= 0.3 is 0 Å². The summed E-state index contributed by atoms with van der Waals surface area (Å²) in [5.74, 6) is -0.422. The highest BCUT2D eigenvalue weighted by Crippen LogP contribution is 2.11. The molecule has 0 bridgehead atoms. The number of carbonyl (C=O) groups is 1.